The molecule has 1 saturated heterocycles. The number of carbonyl (C=O) groups excluding carboxylic acids is 2. The third kappa shape index (κ3) is 3.16. The fourth-order valence-electron chi connectivity index (χ4n) is 1.77. The van der Waals surface area contributed by atoms with Crippen LogP contribution in [0.2, 0.25) is 0 Å². The van der Waals surface area contributed by atoms with E-state index in [1.54, 1.807) is 0 Å². The summed E-state index contributed by atoms with van der Waals surface area (Å²) in [6.07, 6.45) is -0.895. The van der Waals surface area contributed by atoms with Gasteiger partial charge < -0.3 is 14.8 Å². The molecule has 1 aromatic rings. The van der Waals surface area contributed by atoms with Crippen molar-refractivity contribution in [3.05, 3.63) is 35.4 Å². The highest BCUT2D eigenvalue weighted by Gasteiger charge is 2.46. The van der Waals surface area contributed by atoms with Crippen molar-refractivity contribution in [2.75, 3.05) is 13.7 Å². The maximum atomic E-state index is 13.6. The van der Waals surface area contributed by atoms with Crippen molar-refractivity contribution in [2.45, 2.75) is 12.0 Å². The van der Waals surface area contributed by atoms with Gasteiger partial charge in [-0.3, -0.25) is 0 Å². The molecule has 1 aromatic carbocycles. The smallest absolute Gasteiger partial charge is 0.408 e. The Balaban J connectivity index is 0.00000200. The summed E-state index contributed by atoms with van der Waals surface area (Å²) in [7, 11) is 1.23. The molecule has 20 heavy (non-hydrogen) atoms. The maximum absolute atomic E-state index is 13.6. The second-order valence-corrected chi connectivity index (χ2v) is 4.03. The Morgan fingerprint density at radius 2 is 2.00 bits per heavy atom. The number of ether oxygens (including phenoxy) is 2. The van der Waals surface area contributed by atoms with Crippen LogP contribution in [0.3, 0.4) is 0 Å². The molecule has 1 aliphatic rings. The van der Waals surface area contributed by atoms with Gasteiger partial charge in [-0.1, -0.05) is 12.1 Å². The Morgan fingerprint density at radius 1 is 1.40 bits per heavy atom. The molecule has 0 radical (unpaired) electrons. The highest BCUT2D eigenvalue weighted by molar-refractivity contribution is 5.89. The quantitative estimate of drug-likeness (QED) is 0.852. The average molecular weight is 308 g/mol. The fourth-order valence-corrected chi connectivity index (χ4v) is 1.77. The van der Waals surface area contributed by atoms with E-state index in [-0.39, 0.29) is 23.5 Å². The van der Waals surface area contributed by atoms with Gasteiger partial charge in [-0.15, -0.1) is 12.4 Å². The zero-order chi connectivity index (χ0) is 14.0. The highest BCUT2D eigenvalue weighted by Crippen LogP contribution is 2.34. The maximum Gasteiger partial charge on any atom is 0.408 e. The molecule has 1 heterocycles. The lowest BCUT2D eigenvalue weighted by atomic mass is 9.99. The average Bonchev–Trinajstić information content (AvgIpc) is 2.41. The van der Waals surface area contributed by atoms with Crippen LogP contribution < -0.4 is 5.32 Å². The minimum absolute atomic E-state index is 0. The Hall–Kier alpha value is -1.89. The summed E-state index contributed by atoms with van der Waals surface area (Å²) in [6.45, 7) is -0.970. The number of cyclic esters (lactones) is 1. The molecule has 0 unspecified atom stereocenters. The van der Waals surface area contributed by atoms with Crippen LogP contribution in [-0.4, -0.2) is 31.7 Å². The van der Waals surface area contributed by atoms with Crippen molar-refractivity contribution in [3.63, 3.8) is 0 Å². The molecule has 0 spiro atoms. The number of nitrogens with one attached hydrogen (secondary N) is 1. The van der Waals surface area contributed by atoms with Gasteiger partial charge in [0.1, 0.15) is 6.04 Å². The first kappa shape index (κ1) is 16.2. The molecule has 0 aliphatic carbocycles. The van der Waals surface area contributed by atoms with Crippen molar-refractivity contribution in [1.29, 1.82) is 0 Å². The van der Waals surface area contributed by atoms with Gasteiger partial charge in [-0.05, 0) is 17.7 Å². The van der Waals surface area contributed by atoms with Crippen LogP contribution in [0.4, 0.5) is 13.6 Å². The molecular formula is C12H12ClF2NO4. The van der Waals surface area contributed by atoms with Crippen molar-refractivity contribution in [1.82, 2.24) is 5.32 Å². The molecule has 2 rings (SSSR count). The summed E-state index contributed by atoms with van der Waals surface area (Å²) < 4.78 is 36.0. The van der Waals surface area contributed by atoms with E-state index in [0.717, 1.165) is 0 Å². The van der Waals surface area contributed by atoms with Gasteiger partial charge in [0.25, 0.3) is 0 Å². The van der Waals surface area contributed by atoms with Gasteiger partial charge in [0.15, 0.2) is 6.61 Å². The van der Waals surface area contributed by atoms with Crippen molar-refractivity contribution >= 4 is 24.5 Å². The summed E-state index contributed by atoms with van der Waals surface area (Å²) in [5.41, 5.74) is 0.433. The first-order valence-electron chi connectivity index (χ1n) is 5.43. The Kier molecular flexibility index (Phi) is 4.88. The van der Waals surface area contributed by atoms with E-state index in [2.05, 4.69) is 14.8 Å². The number of benzene rings is 1. The van der Waals surface area contributed by atoms with E-state index in [0.29, 0.717) is 0 Å². The number of halogens is 3. The lowest BCUT2D eigenvalue weighted by Gasteiger charge is -2.31. The van der Waals surface area contributed by atoms with Gasteiger partial charge in [-0.25, -0.2) is 18.4 Å². The van der Waals surface area contributed by atoms with Gasteiger partial charge in [-0.2, -0.15) is 0 Å². The first-order valence-corrected chi connectivity index (χ1v) is 5.43. The zero-order valence-corrected chi connectivity index (χ0v) is 11.2. The summed E-state index contributed by atoms with van der Waals surface area (Å²) in [4.78, 5) is 22.2. The summed E-state index contributed by atoms with van der Waals surface area (Å²) in [5, 5.41) is 2.06. The van der Waals surface area contributed by atoms with Crippen LogP contribution in [0.1, 0.15) is 22.0 Å². The van der Waals surface area contributed by atoms with E-state index < -0.39 is 30.6 Å². The van der Waals surface area contributed by atoms with E-state index in [1.165, 1.54) is 31.4 Å². The Bertz CT molecular complexity index is 507. The summed E-state index contributed by atoms with van der Waals surface area (Å²) in [5.74, 6) is -3.77. The van der Waals surface area contributed by atoms with E-state index in [1.807, 2.05) is 0 Å². The third-order valence-corrected chi connectivity index (χ3v) is 2.75. The molecule has 1 atom stereocenters. The SMILES string of the molecule is COC(=O)c1ccc([C@@H]2NC(=O)OCC2(F)F)cc1.Cl. The number of esters is 1. The molecule has 0 aromatic heterocycles. The van der Waals surface area contributed by atoms with Crippen LogP contribution >= 0.6 is 12.4 Å². The first-order chi connectivity index (χ1) is 8.94. The predicted octanol–water partition coefficient (Wildman–Crippen LogP) is 2.31. The minimum Gasteiger partial charge on any atom is -0.465 e. The van der Waals surface area contributed by atoms with Crippen LogP contribution in [-0.2, 0) is 9.47 Å². The summed E-state index contributed by atoms with van der Waals surface area (Å²) >= 11 is 0. The number of hydrogen-bond acceptors (Lipinski definition) is 4. The van der Waals surface area contributed by atoms with Crippen LogP contribution in [0.25, 0.3) is 0 Å². The van der Waals surface area contributed by atoms with Crippen molar-refractivity contribution in [2.24, 2.45) is 0 Å². The third-order valence-electron chi connectivity index (χ3n) is 2.75. The molecular weight excluding hydrogens is 296 g/mol. The number of methoxy groups -OCH3 is 1. The molecule has 1 amide bonds. The minimum atomic E-state index is -3.21. The van der Waals surface area contributed by atoms with Crippen LogP contribution in [0.15, 0.2) is 24.3 Å². The topological polar surface area (TPSA) is 64.6 Å². The second kappa shape index (κ2) is 6.04. The Labute approximate surface area is 119 Å². The molecule has 0 bridgehead atoms. The number of hydrogen-bond donors (Lipinski definition) is 1. The molecule has 8 heteroatoms. The lowest BCUT2D eigenvalue weighted by Crippen LogP contribution is -2.49. The molecule has 0 saturated carbocycles. The number of carbonyl (C=O) groups is 2. The largest absolute Gasteiger partial charge is 0.465 e. The zero-order valence-electron chi connectivity index (χ0n) is 10.4. The molecule has 1 fully saturated rings. The highest BCUT2D eigenvalue weighted by atomic mass is 35.5. The van der Waals surface area contributed by atoms with Gasteiger partial charge in [0.05, 0.1) is 12.7 Å². The molecule has 5 nitrogen and oxygen atoms in total. The van der Waals surface area contributed by atoms with Gasteiger partial charge >= 0.3 is 18.0 Å². The monoisotopic (exact) mass is 307 g/mol. The molecule has 1 N–H and O–H groups in total. The van der Waals surface area contributed by atoms with E-state index in [9.17, 15) is 18.4 Å². The van der Waals surface area contributed by atoms with Crippen molar-refractivity contribution < 1.29 is 27.8 Å². The number of alkyl halides is 2. The number of amides is 1. The van der Waals surface area contributed by atoms with Crippen molar-refractivity contribution in [3.8, 4) is 0 Å². The molecule has 110 valence electrons. The van der Waals surface area contributed by atoms with Gasteiger partial charge in [0.2, 0.25) is 0 Å². The van der Waals surface area contributed by atoms with Crippen LogP contribution in [0.5, 0.6) is 0 Å². The van der Waals surface area contributed by atoms with Crippen LogP contribution in [0, 0.1) is 0 Å². The predicted molar refractivity (Wildman–Crippen MR) is 67.2 cm³/mol. The standard InChI is InChI=1S/C12H11F2NO4.ClH/c1-18-10(16)8-4-2-7(3-5-8)9-12(13,14)6-19-11(17)15-9;/h2-5,9H,6H2,1H3,(H,15,17);1H/t9-;/m0./s1. The van der Waals surface area contributed by atoms with E-state index >= 15 is 0 Å². The number of alkyl carbamates (subject to hydrolysis) is 1. The second-order valence-electron chi connectivity index (χ2n) is 4.03. The number of rotatable bonds is 2. The lowest BCUT2D eigenvalue weighted by molar-refractivity contribution is -0.104. The van der Waals surface area contributed by atoms with E-state index in [4.69, 9.17) is 0 Å². The molecule has 1 aliphatic heterocycles. The fraction of sp³-hybridized carbons (Fsp3) is 0.333. The Morgan fingerprint density at radius 3 is 2.55 bits per heavy atom. The summed E-state index contributed by atoms with van der Waals surface area (Å²) in [6, 6.07) is 3.94. The van der Waals surface area contributed by atoms with Gasteiger partial charge in [0, 0.05) is 0 Å². The normalized spacial score (nSPS) is 20.1.